The van der Waals surface area contributed by atoms with Gasteiger partial charge >= 0.3 is 5.97 Å². The highest BCUT2D eigenvalue weighted by molar-refractivity contribution is 5.94. The maximum absolute atomic E-state index is 12.5. The van der Waals surface area contributed by atoms with Crippen LogP contribution in [0.2, 0.25) is 0 Å². The summed E-state index contributed by atoms with van der Waals surface area (Å²) in [5, 5.41) is 11.8. The molecule has 0 saturated heterocycles. The normalized spacial score (nSPS) is 13.0. The molecule has 0 spiro atoms. The number of carboxylic acids is 1. The van der Waals surface area contributed by atoms with Gasteiger partial charge in [-0.1, -0.05) is 38.1 Å². The lowest BCUT2D eigenvalue weighted by Gasteiger charge is -2.18. The number of nitrogens with one attached hydrogen (secondary N) is 1. The third-order valence-electron chi connectivity index (χ3n) is 4.75. The van der Waals surface area contributed by atoms with Crippen molar-refractivity contribution in [3.05, 3.63) is 59.2 Å². The van der Waals surface area contributed by atoms with Gasteiger partial charge < -0.3 is 19.9 Å². The molecule has 0 radical (unpaired) electrons. The minimum Gasteiger partial charge on any atom is -0.481 e. The smallest absolute Gasteiger partial charge is 0.306 e. The molecule has 2 rings (SSSR count). The third kappa shape index (κ3) is 6.32. The van der Waals surface area contributed by atoms with Gasteiger partial charge in [-0.15, -0.1) is 0 Å². The minimum atomic E-state index is -0.933. The van der Waals surface area contributed by atoms with E-state index in [9.17, 15) is 9.59 Å². The molecule has 6 nitrogen and oxygen atoms in total. The predicted molar refractivity (Wildman–Crippen MR) is 112 cm³/mol. The Kier molecular flexibility index (Phi) is 7.79. The Morgan fingerprint density at radius 3 is 2.21 bits per heavy atom. The van der Waals surface area contributed by atoms with Gasteiger partial charge in [-0.2, -0.15) is 0 Å². The average Bonchev–Trinajstić information content (AvgIpc) is 2.68. The number of methoxy groups -OCH3 is 1. The molecular weight excluding hydrogens is 370 g/mol. The van der Waals surface area contributed by atoms with Gasteiger partial charge in [-0.3, -0.25) is 9.59 Å². The van der Waals surface area contributed by atoms with E-state index in [0.29, 0.717) is 17.4 Å². The topological polar surface area (TPSA) is 84.9 Å². The quantitative estimate of drug-likeness (QED) is 0.639. The van der Waals surface area contributed by atoms with Gasteiger partial charge in [0.2, 0.25) is 0 Å². The summed E-state index contributed by atoms with van der Waals surface area (Å²) in [6, 6.07) is 13.0. The second kappa shape index (κ2) is 10.1. The Morgan fingerprint density at radius 2 is 1.66 bits per heavy atom. The lowest BCUT2D eigenvalue weighted by atomic mass is 10.0. The minimum absolute atomic E-state index is 0.123. The van der Waals surface area contributed by atoms with E-state index >= 15 is 0 Å². The van der Waals surface area contributed by atoms with E-state index in [1.807, 2.05) is 19.1 Å². The molecule has 0 aliphatic rings. The number of carbonyl (C=O) groups excluding carboxylic acids is 1. The van der Waals surface area contributed by atoms with Gasteiger partial charge in [-0.05, 0) is 54.7 Å². The fourth-order valence-electron chi connectivity index (χ4n) is 2.87. The van der Waals surface area contributed by atoms with E-state index in [1.165, 1.54) is 7.11 Å². The maximum Gasteiger partial charge on any atom is 0.306 e. The Hall–Kier alpha value is -2.86. The molecule has 6 heteroatoms. The number of aliphatic carboxylic acids is 1. The highest BCUT2D eigenvalue weighted by Gasteiger charge is 2.18. The highest BCUT2D eigenvalue weighted by atomic mass is 16.5. The van der Waals surface area contributed by atoms with Crippen LogP contribution in [0.5, 0.6) is 5.75 Å². The van der Waals surface area contributed by atoms with Crippen molar-refractivity contribution in [2.24, 2.45) is 0 Å². The molecular formula is C23H29NO5. The molecule has 2 atom stereocenters. The van der Waals surface area contributed by atoms with Crippen molar-refractivity contribution in [1.82, 2.24) is 0 Å². The Labute approximate surface area is 171 Å². The Bertz CT molecular complexity index is 845. The molecule has 0 aliphatic carbocycles. The summed E-state index contributed by atoms with van der Waals surface area (Å²) in [5.74, 6) is -0.124. The third-order valence-corrected chi connectivity index (χ3v) is 4.75. The van der Waals surface area contributed by atoms with Gasteiger partial charge in [0, 0.05) is 12.8 Å². The zero-order chi connectivity index (χ0) is 21.6. The standard InChI is InChI=1S/C23H29NO5/c1-14(2)18-7-6-15(3)20(12-18)29-16(4)23(27)24-19-10-8-17(9-11-19)21(28-5)13-22(25)26/h6-12,14,16,21H,13H2,1-5H3,(H,24,27)(H,25,26). The first kappa shape index (κ1) is 22.4. The molecule has 1 amide bonds. The van der Waals surface area contributed by atoms with Crippen molar-refractivity contribution in [2.75, 3.05) is 12.4 Å². The van der Waals surface area contributed by atoms with E-state index in [0.717, 1.165) is 16.7 Å². The van der Waals surface area contributed by atoms with Gasteiger partial charge in [0.15, 0.2) is 6.10 Å². The fraction of sp³-hybridized carbons (Fsp3) is 0.391. The molecule has 0 fully saturated rings. The summed E-state index contributed by atoms with van der Waals surface area (Å²) in [6.45, 7) is 7.88. The Balaban J connectivity index is 2.02. The molecule has 2 N–H and O–H groups in total. The first-order valence-electron chi connectivity index (χ1n) is 9.63. The second-order valence-electron chi connectivity index (χ2n) is 7.37. The molecule has 0 aliphatic heterocycles. The lowest BCUT2D eigenvalue weighted by Crippen LogP contribution is -2.30. The number of anilines is 1. The van der Waals surface area contributed by atoms with Crippen LogP contribution in [0.1, 0.15) is 55.9 Å². The number of aryl methyl sites for hydroxylation is 1. The van der Waals surface area contributed by atoms with Crippen LogP contribution in [0.3, 0.4) is 0 Å². The first-order chi connectivity index (χ1) is 13.7. The molecule has 0 heterocycles. The van der Waals surface area contributed by atoms with E-state index in [4.69, 9.17) is 14.6 Å². The zero-order valence-electron chi connectivity index (χ0n) is 17.6. The van der Waals surface area contributed by atoms with E-state index in [-0.39, 0.29) is 12.3 Å². The van der Waals surface area contributed by atoms with Gasteiger partial charge in [0.05, 0.1) is 12.5 Å². The summed E-state index contributed by atoms with van der Waals surface area (Å²) < 4.78 is 11.1. The fourth-order valence-corrected chi connectivity index (χ4v) is 2.87. The van der Waals surface area contributed by atoms with Crippen molar-refractivity contribution in [3.8, 4) is 5.75 Å². The van der Waals surface area contributed by atoms with Gasteiger partial charge in [-0.25, -0.2) is 0 Å². The number of carboxylic acid groups (broad SMARTS) is 1. The number of rotatable bonds is 9. The highest BCUT2D eigenvalue weighted by Crippen LogP contribution is 2.26. The number of amides is 1. The average molecular weight is 399 g/mol. The van der Waals surface area contributed by atoms with Crippen LogP contribution in [-0.4, -0.2) is 30.2 Å². The Morgan fingerprint density at radius 1 is 1.03 bits per heavy atom. The van der Waals surface area contributed by atoms with Crippen molar-refractivity contribution in [2.45, 2.75) is 52.2 Å². The van der Waals surface area contributed by atoms with Crippen LogP contribution >= 0.6 is 0 Å². The maximum atomic E-state index is 12.5. The van der Waals surface area contributed by atoms with Gasteiger partial charge in [0.1, 0.15) is 5.75 Å². The molecule has 2 unspecified atom stereocenters. The molecule has 0 bridgehead atoms. The molecule has 2 aromatic carbocycles. The number of hydrogen-bond donors (Lipinski definition) is 2. The van der Waals surface area contributed by atoms with Crippen LogP contribution in [-0.2, 0) is 14.3 Å². The van der Waals surface area contributed by atoms with Crippen molar-refractivity contribution in [3.63, 3.8) is 0 Å². The van der Waals surface area contributed by atoms with Crippen LogP contribution in [0.25, 0.3) is 0 Å². The zero-order valence-corrected chi connectivity index (χ0v) is 17.6. The van der Waals surface area contributed by atoms with Crippen LogP contribution in [0.15, 0.2) is 42.5 Å². The van der Waals surface area contributed by atoms with E-state index < -0.39 is 18.2 Å². The molecule has 156 valence electrons. The van der Waals surface area contributed by atoms with Crippen molar-refractivity contribution >= 4 is 17.6 Å². The van der Waals surface area contributed by atoms with Crippen LogP contribution in [0, 0.1) is 6.92 Å². The number of ether oxygens (including phenoxy) is 2. The molecule has 2 aromatic rings. The molecule has 0 aromatic heterocycles. The summed E-state index contributed by atoms with van der Waals surface area (Å²) in [6.07, 6.45) is -1.33. The first-order valence-corrected chi connectivity index (χ1v) is 9.63. The summed E-state index contributed by atoms with van der Waals surface area (Å²) >= 11 is 0. The molecule has 29 heavy (non-hydrogen) atoms. The van der Waals surface area contributed by atoms with E-state index in [1.54, 1.807) is 31.2 Å². The number of carbonyl (C=O) groups is 2. The largest absolute Gasteiger partial charge is 0.481 e. The predicted octanol–water partition coefficient (Wildman–Crippen LogP) is 4.69. The lowest BCUT2D eigenvalue weighted by molar-refractivity contribution is -0.139. The van der Waals surface area contributed by atoms with Gasteiger partial charge in [0.25, 0.3) is 5.91 Å². The summed E-state index contributed by atoms with van der Waals surface area (Å²) in [5.41, 5.74) is 3.47. The van der Waals surface area contributed by atoms with Crippen molar-refractivity contribution in [1.29, 1.82) is 0 Å². The van der Waals surface area contributed by atoms with E-state index in [2.05, 4.69) is 25.2 Å². The second-order valence-corrected chi connectivity index (χ2v) is 7.37. The van der Waals surface area contributed by atoms with Crippen LogP contribution in [0.4, 0.5) is 5.69 Å². The number of benzene rings is 2. The molecule has 0 saturated carbocycles. The summed E-state index contributed by atoms with van der Waals surface area (Å²) in [7, 11) is 1.47. The SMILES string of the molecule is COC(CC(=O)O)c1ccc(NC(=O)C(C)Oc2cc(C(C)C)ccc2C)cc1. The summed E-state index contributed by atoms with van der Waals surface area (Å²) in [4.78, 5) is 23.4. The number of hydrogen-bond acceptors (Lipinski definition) is 4. The monoisotopic (exact) mass is 399 g/mol. The van der Waals surface area contributed by atoms with Crippen molar-refractivity contribution < 1.29 is 24.2 Å². The van der Waals surface area contributed by atoms with Crippen LogP contribution < -0.4 is 10.1 Å².